The maximum absolute atomic E-state index is 14.0. The minimum absolute atomic E-state index is 0.0329. The summed E-state index contributed by atoms with van der Waals surface area (Å²) in [5.41, 5.74) is 1.43. The molecule has 0 fully saturated rings. The summed E-state index contributed by atoms with van der Waals surface area (Å²) in [7, 11) is 1.78. The molecule has 0 aliphatic carbocycles. The van der Waals surface area contributed by atoms with Crippen LogP contribution in [0.5, 0.6) is 0 Å². The lowest BCUT2D eigenvalue weighted by atomic mass is 10.1. The van der Waals surface area contributed by atoms with Gasteiger partial charge in [0.15, 0.2) is 5.16 Å². The molecule has 1 aromatic heterocycles. The quantitative estimate of drug-likeness (QED) is 0.621. The third kappa shape index (κ3) is 3.94. The lowest BCUT2D eigenvalue weighted by molar-refractivity contribution is -0.128. The van der Waals surface area contributed by atoms with Crippen LogP contribution in [0.15, 0.2) is 66.1 Å². The normalized spacial score (nSPS) is 12.0. The highest BCUT2D eigenvalue weighted by Crippen LogP contribution is 2.23. The summed E-state index contributed by atoms with van der Waals surface area (Å²) in [6, 6.07) is 16.2. The van der Waals surface area contributed by atoms with Crippen molar-refractivity contribution in [2.75, 3.05) is 12.8 Å². The molecule has 26 heavy (non-hydrogen) atoms. The van der Waals surface area contributed by atoms with Crippen LogP contribution in [0.25, 0.3) is 5.69 Å². The van der Waals surface area contributed by atoms with Crippen molar-refractivity contribution in [1.29, 1.82) is 0 Å². The Morgan fingerprint density at radius 3 is 2.62 bits per heavy atom. The third-order valence-electron chi connectivity index (χ3n) is 4.21. The first-order valence-electron chi connectivity index (χ1n) is 8.16. The number of benzene rings is 2. The topological polar surface area (TPSA) is 51.0 Å². The summed E-state index contributed by atoms with van der Waals surface area (Å²) < 4.78 is 15.5. The monoisotopic (exact) mass is 370 g/mol. The highest BCUT2D eigenvalue weighted by Gasteiger charge is 2.19. The predicted molar refractivity (Wildman–Crippen MR) is 99.7 cm³/mol. The minimum atomic E-state index is -0.365. The van der Waals surface area contributed by atoms with Crippen molar-refractivity contribution in [3.8, 4) is 5.69 Å². The molecule has 1 unspecified atom stereocenters. The van der Waals surface area contributed by atoms with Crippen LogP contribution in [0.2, 0.25) is 0 Å². The number of hydrogen-bond donors (Lipinski definition) is 0. The van der Waals surface area contributed by atoms with Gasteiger partial charge in [-0.25, -0.2) is 4.39 Å². The lowest BCUT2D eigenvalue weighted by Gasteiger charge is -2.25. The third-order valence-corrected chi connectivity index (χ3v) is 5.14. The highest BCUT2D eigenvalue weighted by molar-refractivity contribution is 7.99. The van der Waals surface area contributed by atoms with E-state index in [-0.39, 0.29) is 23.5 Å². The Kier molecular flexibility index (Phi) is 5.68. The predicted octanol–water partition coefficient (Wildman–Crippen LogP) is 3.72. The Bertz CT molecular complexity index is 884. The SMILES string of the molecule is CC(c1ccccc1)N(C)C(=O)CSc1nncn1-c1ccccc1F. The van der Waals surface area contributed by atoms with Gasteiger partial charge < -0.3 is 4.90 Å². The molecule has 1 amide bonds. The second-order valence-electron chi connectivity index (χ2n) is 5.81. The summed E-state index contributed by atoms with van der Waals surface area (Å²) in [6.07, 6.45) is 1.45. The van der Waals surface area contributed by atoms with Gasteiger partial charge >= 0.3 is 0 Å². The second-order valence-corrected chi connectivity index (χ2v) is 6.76. The van der Waals surface area contributed by atoms with Crippen molar-refractivity contribution in [1.82, 2.24) is 19.7 Å². The molecule has 3 rings (SSSR count). The molecule has 0 saturated heterocycles. The van der Waals surface area contributed by atoms with Crippen LogP contribution in [0.1, 0.15) is 18.5 Å². The number of nitrogens with zero attached hydrogens (tertiary/aromatic N) is 4. The number of carbonyl (C=O) groups excluding carboxylic acids is 1. The lowest BCUT2D eigenvalue weighted by Crippen LogP contribution is -2.31. The van der Waals surface area contributed by atoms with Crippen LogP contribution < -0.4 is 0 Å². The number of carbonyl (C=O) groups is 1. The number of amides is 1. The summed E-state index contributed by atoms with van der Waals surface area (Å²) in [5, 5.41) is 8.33. The van der Waals surface area contributed by atoms with E-state index in [1.165, 1.54) is 24.2 Å². The van der Waals surface area contributed by atoms with Gasteiger partial charge in [0.1, 0.15) is 12.1 Å². The first-order chi connectivity index (χ1) is 12.6. The van der Waals surface area contributed by atoms with Crippen LogP contribution in [0.3, 0.4) is 0 Å². The maximum atomic E-state index is 14.0. The Morgan fingerprint density at radius 2 is 1.88 bits per heavy atom. The van der Waals surface area contributed by atoms with Gasteiger partial charge in [-0.3, -0.25) is 9.36 Å². The van der Waals surface area contributed by atoms with E-state index in [9.17, 15) is 9.18 Å². The Hall–Kier alpha value is -2.67. The van der Waals surface area contributed by atoms with Crippen molar-refractivity contribution in [3.05, 3.63) is 72.3 Å². The van der Waals surface area contributed by atoms with E-state index < -0.39 is 0 Å². The summed E-state index contributed by atoms with van der Waals surface area (Å²) in [6.45, 7) is 1.99. The fourth-order valence-electron chi connectivity index (χ4n) is 2.53. The number of aromatic nitrogens is 3. The van der Waals surface area contributed by atoms with E-state index in [0.29, 0.717) is 10.8 Å². The molecule has 3 aromatic rings. The van der Waals surface area contributed by atoms with Gasteiger partial charge in [0.05, 0.1) is 17.5 Å². The first-order valence-corrected chi connectivity index (χ1v) is 9.15. The molecule has 1 heterocycles. The first kappa shape index (κ1) is 18.1. The average Bonchev–Trinajstić information content (AvgIpc) is 3.14. The van der Waals surface area contributed by atoms with Gasteiger partial charge in [-0.05, 0) is 24.6 Å². The smallest absolute Gasteiger partial charge is 0.233 e. The Morgan fingerprint density at radius 1 is 1.19 bits per heavy atom. The van der Waals surface area contributed by atoms with Gasteiger partial charge in [-0.2, -0.15) is 0 Å². The van der Waals surface area contributed by atoms with Crippen molar-refractivity contribution < 1.29 is 9.18 Å². The molecule has 2 aromatic carbocycles. The molecular formula is C19H19FN4OS. The van der Waals surface area contributed by atoms with E-state index >= 15 is 0 Å². The van der Waals surface area contributed by atoms with Crippen molar-refractivity contribution in [2.45, 2.75) is 18.1 Å². The average molecular weight is 370 g/mol. The van der Waals surface area contributed by atoms with E-state index in [2.05, 4.69) is 10.2 Å². The van der Waals surface area contributed by atoms with Crippen LogP contribution in [-0.2, 0) is 4.79 Å². The Balaban J connectivity index is 1.67. The number of hydrogen-bond acceptors (Lipinski definition) is 4. The highest BCUT2D eigenvalue weighted by atomic mass is 32.2. The fourth-order valence-corrected chi connectivity index (χ4v) is 3.38. The van der Waals surface area contributed by atoms with Crippen molar-refractivity contribution >= 4 is 17.7 Å². The molecule has 0 bridgehead atoms. The van der Waals surface area contributed by atoms with Gasteiger partial charge in [0, 0.05) is 7.05 Å². The number of rotatable bonds is 6. The molecule has 1 atom stereocenters. The number of para-hydroxylation sites is 1. The van der Waals surface area contributed by atoms with Crippen LogP contribution in [-0.4, -0.2) is 38.4 Å². The second kappa shape index (κ2) is 8.14. The summed E-state index contributed by atoms with van der Waals surface area (Å²) in [4.78, 5) is 14.2. The molecule has 5 nitrogen and oxygen atoms in total. The standard InChI is InChI=1S/C19H19FN4OS/c1-14(15-8-4-3-5-9-15)23(2)18(25)12-26-19-22-21-13-24(19)17-11-7-6-10-16(17)20/h3-11,13-14H,12H2,1-2H3. The largest absolute Gasteiger partial charge is 0.338 e. The van der Waals surface area contributed by atoms with Crippen LogP contribution in [0, 0.1) is 5.82 Å². The molecule has 0 spiro atoms. The molecule has 0 aliphatic heterocycles. The molecule has 0 saturated carbocycles. The zero-order valence-electron chi connectivity index (χ0n) is 14.5. The Labute approximate surface area is 155 Å². The van der Waals surface area contributed by atoms with Gasteiger partial charge in [0.2, 0.25) is 5.91 Å². The summed E-state index contributed by atoms with van der Waals surface area (Å²) in [5.74, 6) is -0.203. The summed E-state index contributed by atoms with van der Waals surface area (Å²) >= 11 is 1.24. The fraction of sp³-hybridized carbons (Fsp3) is 0.211. The van der Waals surface area contributed by atoms with E-state index in [4.69, 9.17) is 0 Å². The molecule has 0 aliphatic rings. The zero-order chi connectivity index (χ0) is 18.5. The molecule has 7 heteroatoms. The van der Waals surface area contributed by atoms with E-state index in [1.807, 2.05) is 37.3 Å². The van der Waals surface area contributed by atoms with E-state index in [0.717, 1.165) is 5.56 Å². The zero-order valence-corrected chi connectivity index (χ0v) is 15.4. The van der Waals surface area contributed by atoms with Crippen molar-refractivity contribution in [3.63, 3.8) is 0 Å². The minimum Gasteiger partial charge on any atom is -0.338 e. The molecule has 134 valence electrons. The molecule has 0 N–H and O–H groups in total. The maximum Gasteiger partial charge on any atom is 0.233 e. The van der Waals surface area contributed by atoms with Gasteiger partial charge in [-0.1, -0.05) is 54.2 Å². The van der Waals surface area contributed by atoms with E-state index in [1.54, 1.807) is 34.7 Å². The van der Waals surface area contributed by atoms with Crippen LogP contribution in [0.4, 0.5) is 4.39 Å². The molecule has 0 radical (unpaired) electrons. The van der Waals surface area contributed by atoms with Crippen molar-refractivity contribution in [2.24, 2.45) is 0 Å². The van der Waals surface area contributed by atoms with Crippen LogP contribution >= 0.6 is 11.8 Å². The molecular weight excluding hydrogens is 351 g/mol. The number of halogens is 1. The van der Waals surface area contributed by atoms with Gasteiger partial charge in [0.25, 0.3) is 0 Å². The number of thioether (sulfide) groups is 1. The van der Waals surface area contributed by atoms with Gasteiger partial charge in [-0.15, -0.1) is 10.2 Å².